The Hall–Kier alpha value is -1.79. The van der Waals surface area contributed by atoms with E-state index >= 15 is 0 Å². The zero-order chi connectivity index (χ0) is 14.7. The van der Waals surface area contributed by atoms with Gasteiger partial charge in [-0.1, -0.05) is 27.5 Å². The van der Waals surface area contributed by atoms with Gasteiger partial charge in [-0.05, 0) is 24.3 Å². The van der Waals surface area contributed by atoms with Gasteiger partial charge in [0.1, 0.15) is 11.5 Å². The minimum atomic E-state index is -0.527. The van der Waals surface area contributed by atoms with E-state index in [4.69, 9.17) is 21.1 Å². The van der Waals surface area contributed by atoms with Gasteiger partial charge >= 0.3 is 5.69 Å². The maximum atomic E-state index is 11.0. The van der Waals surface area contributed by atoms with E-state index in [0.29, 0.717) is 16.5 Å². The maximum Gasteiger partial charge on any atom is 0.311 e. The summed E-state index contributed by atoms with van der Waals surface area (Å²) in [6.45, 7) is 0. The third-order valence-electron chi connectivity index (χ3n) is 2.48. The second kappa shape index (κ2) is 6.11. The molecule has 0 unspecified atom stereocenters. The van der Waals surface area contributed by atoms with Crippen LogP contribution in [0.25, 0.3) is 0 Å². The van der Waals surface area contributed by atoms with E-state index in [9.17, 15) is 10.1 Å². The molecule has 0 aliphatic carbocycles. The van der Waals surface area contributed by atoms with Crippen LogP contribution in [-0.4, -0.2) is 12.0 Å². The Bertz CT molecular complexity index is 663. The molecule has 0 atom stereocenters. The molecule has 2 aromatic carbocycles. The molecule has 2 aromatic rings. The molecule has 0 N–H and O–H groups in total. The summed E-state index contributed by atoms with van der Waals surface area (Å²) in [4.78, 5) is 10.5. The average molecular weight is 359 g/mol. The average Bonchev–Trinajstić information content (AvgIpc) is 2.42. The summed E-state index contributed by atoms with van der Waals surface area (Å²) in [6.07, 6.45) is 0. The van der Waals surface area contributed by atoms with Gasteiger partial charge in [0.2, 0.25) is 5.75 Å². The molecule has 2 rings (SSSR count). The lowest BCUT2D eigenvalue weighted by Gasteiger charge is -2.09. The van der Waals surface area contributed by atoms with Crippen molar-refractivity contribution in [2.45, 2.75) is 0 Å². The van der Waals surface area contributed by atoms with Crippen molar-refractivity contribution in [2.24, 2.45) is 0 Å². The van der Waals surface area contributed by atoms with E-state index in [-0.39, 0.29) is 11.4 Å². The summed E-state index contributed by atoms with van der Waals surface area (Å²) in [7, 11) is 1.47. The topological polar surface area (TPSA) is 61.6 Å². The first-order valence-electron chi connectivity index (χ1n) is 5.46. The molecule has 0 amide bonds. The fourth-order valence-electron chi connectivity index (χ4n) is 1.53. The molecule has 20 heavy (non-hydrogen) atoms. The van der Waals surface area contributed by atoms with Crippen LogP contribution in [0, 0.1) is 10.1 Å². The monoisotopic (exact) mass is 357 g/mol. The molecule has 0 saturated heterocycles. The summed E-state index contributed by atoms with van der Waals surface area (Å²) in [5.74, 6) is 0.837. The number of hydrogen-bond acceptors (Lipinski definition) is 4. The number of nitro groups is 1. The Balaban J connectivity index is 2.45. The fourth-order valence-corrected chi connectivity index (χ4v) is 2.02. The molecule has 0 fully saturated rings. The molecule has 0 aliphatic heterocycles. The Kier molecular flexibility index (Phi) is 4.46. The van der Waals surface area contributed by atoms with Gasteiger partial charge in [-0.15, -0.1) is 0 Å². The van der Waals surface area contributed by atoms with Gasteiger partial charge in [-0.3, -0.25) is 10.1 Å². The second-order valence-electron chi connectivity index (χ2n) is 3.77. The quantitative estimate of drug-likeness (QED) is 0.581. The van der Waals surface area contributed by atoms with Gasteiger partial charge in [-0.2, -0.15) is 0 Å². The molecule has 0 aliphatic rings. The zero-order valence-corrected chi connectivity index (χ0v) is 12.6. The molecular weight excluding hydrogens is 350 g/mol. The summed E-state index contributed by atoms with van der Waals surface area (Å²) < 4.78 is 11.3. The lowest BCUT2D eigenvalue weighted by Crippen LogP contribution is -1.95. The summed E-state index contributed by atoms with van der Waals surface area (Å²) in [6, 6.07) is 9.26. The molecule has 0 aromatic heterocycles. The number of halogens is 2. The number of nitrogens with zero attached hydrogens (tertiary/aromatic N) is 1. The summed E-state index contributed by atoms with van der Waals surface area (Å²) in [5, 5.41) is 11.4. The van der Waals surface area contributed by atoms with Crippen LogP contribution < -0.4 is 9.47 Å². The lowest BCUT2D eigenvalue weighted by molar-refractivity contribution is -0.385. The van der Waals surface area contributed by atoms with Crippen molar-refractivity contribution < 1.29 is 14.4 Å². The molecule has 5 nitrogen and oxygen atoms in total. The number of hydrogen-bond donors (Lipinski definition) is 0. The Labute approximate surface area is 128 Å². The molecule has 0 radical (unpaired) electrons. The number of rotatable bonds is 4. The first-order chi connectivity index (χ1) is 9.51. The van der Waals surface area contributed by atoms with Gasteiger partial charge in [0.05, 0.1) is 17.1 Å². The first kappa shape index (κ1) is 14.6. The highest BCUT2D eigenvalue weighted by atomic mass is 79.9. The third-order valence-corrected chi connectivity index (χ3v) is 3.28. The van der Waals surface area contributed by atoms with Crippen LogP contribution in [0.15, 0.2) is 40.9 Å². The van der Waals surface area contributed by atoms with Crippen molar-refractivity contribution >= 4 is 33.2 Å². The van der Waals surface area contributed by atoms with Gasteiger partial charge < -0.3 is 9.47 Å². The van der Waals surface area contributed by atoms with Crippen LogP contribution in [0.5, 0.6) is 17.2 Å². The fraction of sp³-hybridized carbons (Fsp3) is 0.0769. The highest BCUT2D eigenvalue weighted by Gasteiger charge is 2.18. The predicted molar refractivity (Wildman–Crippen MR) is 78.9 cm³/mol. The minimum absolute atomic E-state index is 0.0642. The number of benzene rings is 2. The molecule has 7 heteroatoms. The highest BCUT2D eigenvalue weighted by Crippen LogP contribution is 2.38. The van der Waals surface area contributed by atoms with Crippen molar-refractivity contribution in [2.75, 3.05) is 7.11 Å². The largest absolute Gasteiger partial charge is 0.497 e. The first-order valence-corrected chi connectivity index (χ1v) is 6.63. The van der Waals surface area contributed by atoms with Crippen molar-refractivity contribution in [3.63, 3.8) is 0 Å². The molecule has 0 saturated carbocycles. The van der Waals surface area contributed by atoms with Crippen LogP contribution >= 0.6 is 27.5 Å². The van der Waals surface area contributed by atoms with Crippen molar-refractivity contribution in [1.82, 2.24) is 0 Å². The van der Waals surface area contributed by atoms with E-state index in [1.54, 1.807) is 18.2 Å². The van der Waals surface area contributed by atoms with Crippen LogP contribution in [0.4, 0.5) is 5.69 Å². The molecule has 0 bridgehead atoms. The standard InChI is InChI=1S/C13H9BrClNO4/c1-19-9-3-5-11(16(17)18)13(7-9)20-12-6-8(14)2-4-10(12)15/h2-7H,1H3. The van der Waals surface area contributed by atoms with Gasteiger partial charge in [0, 0.05) is 16.6 Å². The van der Waals surface area contributed by atoms with Crippen LogP contribution in [0.3, 0.4) is 0 Å². The highest BCUT2D eigenvalue weighted by molar-refractivity contribution is 9.10. The third kappa shape index (κ3) is 3.20. The maximum absolute atomic E-state index is 11.0. The van der Waals surface area contributed by atoms with E-state index in [1.165, 1.54) is 25.3 Å². The van der Waals surface area contributed by atoms with Crippen LogP contribution in [0.1, 0.15) is 0 Å². The number of ether oxygens (including phenoxy) is 2. The normalized spacial score (nSPS) is 10.2. The van der Waals surface area contributed by atoms with E-state index in [1.807, 2.05) is 0 Å². The second-order valence-corrected chi connectivity index (χ2v) is 5.09. The van der Waals surface area contributed by atoms with E-state index in [0.717, 1.165) is 4.47 Å². The van der Waals surface area contributed by atoms with Crippen molar-refractivity contribution in [3.05, 3.63) is 56.0 Å². The molecule has 0 spiro atoms. The van der Waals surface area contributed by atoms with Crippen molar-refractivity contribution in [3.8, 4) is 17.2 Å². The van der Waals surface area contributed by atoms with Gasteiger partial charge in [-0.25, -0.2) is 0 Å². The molecule has 104 valence electrons. The van der Waals surface area contributed by atoms with Gasteiger partial charge in [0.15, 0.2) is 0 Å². The number of nitro benzene ring substituents is 1. The zero-order valence-electron chi connectivity index (χ0n) is 10.3. The van der Waals surface area contributed by atoms with Crippen LogP contribution in [-0.2, 0) is 0 Å². The van der Waals surface area contributed by atoms with E-state index < -0.39 is 4.92 Å². The smallest absolute Gasteiger partial charge is 0.311 e. The van der Waals surface area contributed by atoms with E-state index in [2.05, 4.69) is 15.9 Å². The number of methoxy groups -OCH3 is 1. The van der Waals surface area contributed by atoms with Crippen molar-refractivity contribution in [1.29, 1.82) is 0 Å². The Morgan fingerprint density at radius 2 is 1.95 bits per heavy atom. The lowest BCUT2D eigenvalue weighted by atomic mass is 10.2. The summed E-state index contributed by atoms with van der Waals surface area (Å²) in [5.41, 5.74) is -0.165. The van der Waals surface area contributed by atoms with Crippen LogP contribution in [0.2, 0.25) is 5.02 Å². The predicted octanol–water partition coefficient (Wildman–Crippen LogP) is 4.81. The Morgan fingerprint density at radius 1 is 1.20 bits per heavy atom. The molecular formula is C13H9BrClNO4. The molecule has 0 heterocycles. The summed E-state index contributed by atoms with van der Waals surface area (Å²) >= 11 is 9.29. The Morgan fingerprint density at radius 3 is 2.60 bits per heavy atom. The minimum Gasteiger partial charge on any atom is -0.497 e. The van der Waals surface area contributed by atoms with Gasteiger partial charge in [0.25, 0.3) is 0 Å². The SMILES string of the molecule is COc1ccc([N+](=O)[O-])c(Oc2cc(Br)ccc2Cl)c1.